The number of aryl methyl sites for hydroxylation is 1. The number of esters is 1. The van der Waals surface area contributed by atoms with Gasteiger partial charge in [0.1, 0.15) is 29.6 Å². The standard InChI is InChI=1S/C14H12ClN3O6/c1-8-4-10(17-24-8)7-23-13(19)6-16-14(20)9-2-3-11(15)12(5-9)18(21)22/h2-5H,6-7H2,1H3,(H,16,20). The van der Waals surface area contributed by atoms with Crippen molar-refractivity contribution in [3.63, 3.8) is 0 Å². The molecule has 10 heteroatoms. The van der Waals surface area contributed by atoms with E-state index < -0.39 is 29.0 Å². The molecule has 0 saturated heterocycles. The van der Waals surface area contributed by atoms with E-state index in [1.54, 1.807) is 13.0 Å². The normalized spacial score (nSPS) is 10.2. The van der Waals surface area contributed by atoms with Crippen LogP contribution in [0, 0.1) is 17.0 Å². The molecule has 2 rings (SSSR count). The summed E-state index contributed by atoms with van der Waals surface area (Å²) in [7, 11) is 0. The maximum atomic E-state index is 11.9. The Morgan fingerprint density at radius 3 is 2.79 bits per heavy atom. The topological polar surface area (TPSA) is 125 Å². The summed E-state index contributed by atoms with van der Waals surface area (Å²) in [6.45, 7) is 1.22. The van der Waals surface area contributed by atoms with E-state index in [1.807, 2.05) is 0 Å². The average molecular weight is 354 g/mol. The third kappa shape index (κ3) is 4.53. The number of nitrogens with one attached hydrogen (secondary N) is 1. The maximum Gasteiger partial charge on any atom is 0.325 e. The van der Waals surface area contributed by atoms with E-state index in [9.17, 15) is 19.7 Å². The Balaban J connectivity index is 1.87. The van der Waals surface area contributed by atoms with Gasteiger partial charge in [-0.2, -0.15) is 0 Å². The molecule has 1 heterocycles. The molecule has 0 bridgehead atoms. The van der Waals surface area contributed by atoms with E-state index in [-0.39, 0.29) is 17.2 Å². The van der Waals surface area contributed by atoms with Crippen molar-refractivity contribution in [2.75, 3.05) is 6.54 Å². The zero-order chi connectivity index (χ0) is 17.7. The summed E-state index contributed by atoms with van der Waals surface area (Å²) < 4.78 is 9.72. The number of nitrogens with zero attached hydrogens (tertiary/aromatic N) is 2. The van der Waals surface area contributed by atoms with Gasteiger partial charge in [0.05, 0.1) is 4.92 Å². The molecule has 0 aliphatic heterocycles. The van der Waals surface area contributed by atoms with Crippen LogP contribution < -0.4 is 5.32 Å². The number of amides is 1. The van der Waals surface area contributed by atoms with Crippen molar-refractivity contribution in [2.24, 2.45) is 0 Å². The SMILES string of the molecule is Cc1cc(COC(=O)CNC(=O)c2ccc(Cl)c([N+](=O)[O-])c2)no1. The zero-order valence-electron chi connectivity index (χ0n) is 12.4. The minimum absolute atomic E-state index is 0.00558. The molecule has 0 fully saturated rings. The minimum Gasteiger partial charge on any atom is -0.458 e. The number of carbonyl (C=O) groups excluding carboxylic acids is 2. The van der Waals surface area contributed by atoms with Crippen molar-refractivity contribution in [3.05, 3.63) is 56.4 Å². The van der Waals surface area contributed by atoms with Gasteiger partial charge < -0.3 is 14.6 Å². The second-order valence-corrected chi connectivity index (χ2v) is 5.10. The van der Waals surface area contributed by atoms with Gasteiger partial charge in [-0.1, -0.05) is 16.8 Å². The largest absolute Gasteiger partial charge is 0.458 e. The van der Waals surface area contributed by atoms with Crippen molar-refractivity contribution in [2.45, 2.75) is 13.5 Å². The number of nitro benzene ring substituents is 1. The fraction of sp³-hybridized carbons (Fsp3) is 0.214. The third-order valence-electron chi connectivity index (χ3n) is 2.86. The van der Waals surface area contributed by atoms with Gasteiger partial charge in [0.25, 0.3) is 11.6 Å². The predicted molar refractivity (Wildman–Crippen MR) is 81.5 cm³/mol. The maximum absolute atomic E-state index is 11.9. The van der Waals surface area contributed by atoms with Crippen molar-refractivity contribution in [1.29, 1.82) is 0 Å². The lowest BCUT2D eigenvalue weighted by atomic mass is 10.2. The van der Waals surface area contributed by atoms with Crippen molar-refractivity contribution in [3.8, 4) is 0 Å². The molecular formula is C14H12ClN3O6. The van der Waals surface area contributed by atoms with Crippen LogP contribution in [0.25, 0.3) is 0 Å². The second-order valence-electron chi connectivity index (χ2n) is 4.70. The number of hydrogen-bond acceptors (Lipinski definition) is 7. The van der Waals surface area contributed by atoms with Gasteiger partial charge in [-0.05, 0) is 19.1 Å². The first kappa shape index (κ1) is 17.4. The smallest absolute Gasteiger partial charge is 0.325 e. The van der Waals surface area contributed by atoms with E-state index in [4.69, 9.17) is 20.9 Å². The number of carbonyl (C=O) groups is 2. The second kappa shape index (κ2) is 7.55. The fourth-order valence-electron chi connectivity index (χ4n) is 1.74. The van der Waals surface area contributed by atoms with Gasteiger partial charge in [0.15, 0.2) is 0 Å². The Morgan fingerprint density at radius 1 is 1.42 bits per heavy atom. The zero-order valence-corrected chi connectivity index (χ0v) is 13.2. The lowest BCUT2D eigenvalue weighted by Gasteiger charge is -2.06. The monoisotopic (exact) mass is 353 g/mol. The number of benzene rings is 1. The van der Waals surface area contributed by atoms with Gasteiger partial charge >= 0.3 is 5.97 Å². The van der Waals surface area contributed by atoms with Crippen LogP contribution in [0.1, 0.15) is 21.8 Å². The van der Waals surface area contributed by atoms with Gasteiger partial charge in [-0.15, -0.1) is 0 Å². The van der Waals surface area contributed by atoms with Crippen LogP contribution in [-0.2, 0) is 16.1 Å². The van der Waals surface area contributed by atoms with Crippen LogP contribution in [0.2, 0.25) is 5.02 Å². The minimum atomic E-state index is -0.701. The molecule has 0 spiro atoms. The molecule has 0 radical (unpaired) electrons. The molecule has 0 saturated carbocycles. The Labute approximate surface area is 140 Å². The Bertz CT molecular complexity index is 789. The van der Waals surface area contributed by atoms with Crippen molar-refractivity contribution >= 4 is 29.2 Å². The summed E-state index contributed by atoms with van der Waals surface area (Å²) in [6.07, 6.45) is 0. The molecule has 0 aliphatic rings. The first-order valence-electron chi connectivity index (χ1n) is 6.67. The highest BCUT2D eigenvalue weighted by Gasteiger charge is 2.17. The summed E-state index contributed by atoms with van der Waals surface area (Å²) in [5.41, 5.74) is 0.0554. The Kier molecular flexibility index (Phi) is 5.48. The third-order valence-corrected chi connectivity index (χ3v) is 3.18. The fourth-order valence-corrected chi connectivity index (χ4v) is 1.93. The van der Waals surface area contributed by atoms with E-state index >= 15 is 0 Å². The molecule has 126 valence electrons. The summed E-state index contributed by atoms with van der Waals surface area (Å²) in [5.74, 6) is -0.768. The lowest BCUT2D eigenvalue weighted by molar-refractivity contribution is -0.384. The summed E-state index contributed by atoms with van der Waals surface area (Å²) in [4.78, 5) is 33.5. The summed E-state index contributed by atoms with van der Waals surface area (Å²) in [5, 5.41) is 16.7. The molecule has 0 atom stereocenters. The molecular weight excluding hydrogens is 342 g/mol. The van der Waals surface area contributed by atoms with Gasteiger partial charge in [-0.25, -0.2) is 0 Å². The Morgan fingerprint density at radius 2 is 2.17 bits per heavy atom. The number of rotatable bonds is 6. The first-order valence-corrected chi connectivity index (χ1v) is 7.04. The molecule has 0 aliphatic carbocycles. The molecule has 1 aromatic heterocycles. The van der Waals surface area contributed by atoms with Crippen LogP contribution in [-0.4, -0.2) is 28.5 Å². The van der Waals surface area contributed by atoms with Crippen LogP contribution >= 0.6 is 11.6 Å². The first-order chi connectivity index (χ1) is 11.4. The average Bonchev–Trinajstić information content (AvgIpc) is 2.96. The van der Waals surface area contributed by atoms with Gasteiger partial charge in [-0.3, -0.25) is 19.7 Å². The quantitative estimate of drug-likeness (QED) is 0.478. The van der Waals surface area contributed by atoms with Crippen molar-refractivity contribution < 1.29 is 23.8 Å². The highest BCUT2D eigenvalue weighted by Crippen LogP contribution is 2.24. The van der Waals surface area contributed by atoms with Crippen LogP contribution in [0.15, 0.2) is 28.8 Å². The van der Waals surface area contributed by atoms with E-state index in [0.29, 0.717) is 11.5 Å². The number of nitro groups is 1. The summed E-state index contributed by atoms with van der Waals surface area (Å²) >= 11 is 5.66. The number of hydrogen-bond donors (Lipinski definition) is 1. The molecule has 2 aromatic rings. The lowest BCUT2D eigenvalue weighted by Crippen LogP contribution is -2.30. The van der Waals surface area contributed by atoms with Crippen LogP contribution in [0.5, 0.6) is 0 Å². The van der Waals surface area contributed by atoms with E-state index in [1.165, 1.54) is 12.1 Å². The van der Waals surface area contributed by atoms with Gasteiger partial charge in [0.2, 0.25) is 0 Å². The van der Waals surface area contributed by atoms with Crippen molar-refractivity contribution in [1.82, 2.24) is 10.5 Å². The predicted octanol–water partition coefficient (Wildman–Crippen LogP) is 2.02. The van der Waals surface area contributed by atoms with Crippen LogP contribution in [0.4, 0.5) is 5.69 Å². The van der Waals surface area contributed by atoms with E-state index in [2.05, 4.69) is 10.5 Å². The Hall–Kier alpha value is -2.94. The number of ether oxygens (including phenoxy) is 1. The molecule has 0 unspecified atom stereocenters. The number of halogens is 1. The summed E-state index contributed by atoms with van der Waals surface area (Å²) in [6, 6.07) is 5.19. The molecule has 1 amide bonds. The molecule has 24 heavy (non-hydrogen) atoms. The molecule has 1 aromatic carbocycles. The molecule has 9 nitrogen and oxygen atoms in total. The van der Waals surface area contributed by atoms with Gasteiger partial charge in [0, 0.05) is 17.7 Å². The van der Waals surface area contributed by atoms with E-state index in [0.717, 1.165) is 6.07 Å². The highest BCUT2D eigenvalue weighted by molar-refractivity contribution is 6.32. The molecule has 1 N–H and O–H groups in total. The number of aromatic nitrogens is 1. The van der Waals surface area contributed by atoms with Crippen LogP contribution in [0.3, 0.4) is 0 Å². The highest BCUT2D eigenvalue weighted by atomic mass is 35.5.